The minimum atomic E-state index is -0.139. The van der Waals surface area contributed by atoms with Crippen molar-refractivity contribution < 1.29 is 4.79 Å². The maximum Gasteiger partial charge on any atom is 0.236 e. The van der Waals surface area contributed by atoms with Gasteiger partial charge in [-0.2, -0.15) is 0 Å². The number of anilines is 1. The van der Waals surface area contributed by atoms with Crippen molar-refractivity contribution in [3.63, 3.8) is 0 Å². The van der Waals surface area contributed by atoms with Crippen LogP contribution in [0.4, 0.5) is 5.13 Å². The fraction of sp³-hybridized carbons (Fsp3) is 0.0526. The van der Waals surface area contributed by atoms with Gasteiger partial charge in [-0.3, -0.25) is 9.89 Å². The van der Waals surface area contributed by atoms with E-state index in [-0.39, 0.29) is 11.7 Å². The van der Waals surface area contributed by atoms with Crippen LogP contribution in [0.3, 0.4) is 0 Å². The Bertz CT molecular complexity index is 1030. The average molecular weight is 393 g/mol. The number of benzene rings is 2. The van der Waals surface area contributed by atoms with Crippen LogP contribution in [0.1, 0.15) is 0 Å². The predicted octanol–water partition coefficient (Wildman–Crippen LogP) is 4.33. The van der Waals surface area contributed by atoms with Gasteiger partial charge in [-0.05, 0) is 0 Å². The summed E-state index contributed by atoms with van der Waals surface area (Å²) in [5.41, 5.74) is 2.83. The highest BCUT2D eigenvalue weighted by Gasteiger charge is 2.11. The third kappa shape index (κ3) is 4.42. The normalized spacial score (nSPS) is 10.7. The molecule has 0 spiro atoms. The second-order valence-corrected chi connectivity index (χ2v) is 7.37. The van der Waals surface area contributed by atoms with Crippen LogP contribution in [-0.4, -0.2) is 31.8 Å². The number of amides is 1. The van der Waals surface area contributed by atoms with Crippen molar-refractivity contribution in [3.8, 4) is 22.6 Å². The van der Waals surface area contributed by atoms with Gasteiger partial charge in [0.25, 0.3) is 0 Å². The van der Waals surface area contributed by atoms with Gasteiger partial charge < -0.3 is 5.32 Å². The van der Waals surface area contributed by atoms with E-state index in [1.165, 1.54) is 23.1 Å². The maximum atomic E-state index is 12.2. The molecule has 134 valence electrons. The van der Waals surface area contributed by atoms with E-state index in [0.29, 0.717) is 16.1 Å². The van der Waals surface area contributed by atoms with E-state index in [2.05, 4.69) is 25.5 Å². The first-order valence-electron chi connectivity index (χ1n) is 8.19. The first-order valence-corrected chi connectivity index (χ1v) is 10.1. The molecule has 0 saturated heterocycles. The molecule has 0 atom stereocenters. The molecule has 4 rings (SSSR count). The van der Waals surface area contributed by atoms with Crippen LogP contribution in [0.5, 0.6) is 0 Å². The van der Waals surface area contributed by atoms with Crippen LogP contribution in [0, 0.1) is 0 Å². The lowest BCUT2D eigenvalue weighted by Gasteiger charge is -1.99. The van der Waals surface area contributed by atoms with E-state index < -0.39 is 0 Å². The fourth-order valence-electron chi connectivity index (χ4n) is 2.39. The molecule has 0 unspecified atom stereocenters. The standard InChI is InChI=1S/C19H15N5OS2/c25-16(21-18-20-15(11-26-18)13-7-3-1-4-8-13)12-27-19-22-17(23-24-19)14-9-5-2-6-10-14/h1-11H,12H2,(H,20,21,25)(H,22,23,24). The van der Waals surface area contributed by atoms with Gasteiger partial charge in [0, 0.05) is 16.5 Å². The Labute approximate surface area is 164 Å². The highest BCUT2D eigenvalue weighted by Crippen LogP contribution is 2.25. The van der Waals surface area contributed by atoms with E-state index in [1.807, 2.05) is 66.0 Å². The molecule has 2 heterocycles. The van der Waals surface area contributed by atoms with Crippen LogP contribution in [-0.2, 0) is 4.79 Å². The number of thiazole rings is 1. The Morgan fingerprint density at radius 3 is 2.44 bits per heavy atom. The third-order valence-electron chi connectivity index (χ3n) is 3.66. The van der Waals surface area contributed by atoms with Gasteiger partial charge in [0.1, 0.15) is 0 Å². The molecular weight excluding hydrogens is 378 g/mol. The minimum Gasteiger partial charge on any atom is -0.301 e. The van der Waals surface area contributed by atoms with Crippen molar-refractivity contribution in [2.24, 2.45) is 0 Å². The molecule has 27 heavy (non-hydrogen) atoms. The Morgan fingerprint density at radius 1 is 1.00 bits per heavy atom. The molecule has 0 aliphatic rings. The molecule has 0 fully saturated rings. The Kier molecular flexibility index (Phi) is 5.27. The van der Waals surface area contributed by atoms with Crippen LogP contribution < -0.4 is 5.32 Å². The maximum absolute atomic E-state index is 12.2. The van der Waals surface area contributed by atoms with Gasteiger partial charge in [-0.15, -0.1) is 16.4 Å². The zero-order valence-electron chi connectivity index (χ0n) is 14.1. The van der Waals surface area contributed by atoms with Crippen molar-refractivity contribution >= 4 is 34.1 Å². The molecule has 0 bridgehead atoms. The summed E-state index contributed by atoms with van der Waals surface area (Å²) in [6.07, 6.45) is 0. The quantitative estimate of drug-likeness (QED) is 0.477. The van der Waals surface area contributed by atoms with Crippen LogP contribution in [0.15, 0.2) is 71.2 Å². The molecule has 8 heteroatoms. The van der Waals surface area contributed by atoms with E-state index in [4.69, 9.17) is 0 Å². The molecule has 4 aromatic rings. The van der Waals surface area contributed by atoms with Crippen molar-refractivity contribution in [2.45, 2.75) is 5.16 Å². The van der Waals surface area contributed by atoms with Crippen molar-refractivity contribution in [1.29, 1.82) is 0 Å². The van der Waals surface area contributed by atoms with E-state index in [9.17, 15) is 4.79 Å². The second kappa shape index (κ2) is 8.15. The van der Waals surface area contributed by atoms with Crippen LogP contribution in [0.2, 0.25) is 0 Å². The highest BCUT2D eigenvalue weighted by atomic mass is 32.2. The number of nitrogens with zero attached hydrogens (tertiary/aromatic N) is 3. The smallest absolute Gasteiger partial charge is 0.236 e. The van der Waals surface area contributed by atoms with Crippen molar-refractivity contribution in [1.82, 2.24) is 20.2 Å². The summed E-state index contributed by atoms with van der Waals surface area (Å²) in [6, 6.07) is 19.6. The SMILES string of the molecule is O=C(CSc1n[nH]c(-c2ccccc2)n1)Nc1nc(-c2ccccc2)cs1. The second-order valence-electron chi connectivity index (χ2n) is 5.57. The third-order valence-corrected chi connectivity index (χ3v) is 5.27. The van der Waals surface area contributed by atoms with Gasteiger partial charge in [0.15, 0.2) is 11.0 Å². The number of carbonyl (C=O) groups excluding carboxylic acids is 1. The number of thioether (sulfide) groups is 1. The predicted molar refractivity (Wildman–Crippen MR) is 109 cm³/mol. The number of aromatic nitrogens is 4. The minimum absolute atomic E-state index is 0.139. The summed E-state index contributed by atoms with van der Waals surface area (Å²) < 4.78 is 0. The molecule has 0 aliphatic heterocycles. The van der Waals surface area contributed by atoms with Gasteiger partial charge in [-0.25, -0.2) is 9.97 Å². The zero-order valence-corrected chi connectivity index (χ0v) is 15.8. The van der Waals surface area contributed by atoms with Crippen molar-refractivity contribution in [3.05, 3.63) is 66.0 Å². The zero-order chi connectivity index (χ0) is 18.5. The number of carbonyl (C=O) groups is 1. The molecule has 2 aromatic heterocycles. The number of aromatic amines is 1. The molecule has 1 amide bonds. The Morgan fingerprint density at radius 2 is 1.70 bits per heavy atom. The summed E-state index contributed by atoms with van der Waals surface area (Å²) in [5, 5.41) is 12.9. The summed E-state index contributed by atoms with van der Waals surface area (Å²) >= 11 is 2.68. The highest BCUT2D eigenvalue weighted by molar-refractivity contribution is 7.99. The first-order chi connectivity index (χ1) is 13.3. The topological polar surface area (TPSA) is 83.6 Å². The Hall–Kier alpha value is -2.97. The van der Waals surface area contributed by atoms with Gasteiger partial charge in [0.05, 0.1) is 11.4 Å². The molecular formula is C19H15N5OS2. The number of rotatable bonds is 6. The monoisotopic (exact) mass is 393 g/mol. The van der Waals surface area contributed by atoms with Crippen molar-refractivity contribution in [2.75, 3.05) is 11.1 Å². The molecule has 2 N–H and O–H groups in total. The van der Waals surface area contributed by atoms with E-state index >= 15 is 0 Å². The number of hydrogen-bond donors (Lipinski definition) is 2. The molecule has 6 nitrogen and oxygen atoms in total. The van der Waals surface area contributed by atoms with E-state index in [0.717, 1.165) is 16.8 Å². The van der Waals surface area contributed by atoms with Gasteiger partial charge in [-0.1, -0.05) is 72.4 Å². The number of nitrogens with one attached hydrogen (secondary N) is 2. The summed E-state index contributed by atoms with van der Waals surface area (Å²) in [6.45, 7) is 0. The average Bonchev–Trinajstić information content (AvgIpc) is 3.37. The number of hydrogen-bond acceptors (Lipinski definition) is 6. The summed E-state index contributed by atoms with van der Waals surface area (Å²) in [7, 11) is 0. The lowest BCUT2D eigenvalue weighted by atomic mass is 10.2. The summed E-state index contributed by atoms with van der Waals surface area (Å²) in [5.74, 6) is 0.762. The molecule has 0 aliphatic carbocycles. The number of H-pyrrole nitrogens is 1. The van der Waals surface area contributed by atoms with Crippen LogP contribution in [0.25, 0.3) is 22.6 Å². The van der Waals surface area contributed by atoms with Gasteiger partial charge in [0.2, 0.25) is 11.1 Å². The first kappa shape index (κ1) is 17.4. The van der Waals surface area contributed by atoms with E-state index in [1.54, 1.807) is 0 Å². The largest absolute Gasteiger partial charge is 0.301 e. The van der Waals surface area contributed by atoms with Crippen LogP contribution >= 0.6 is 23.1 Å². The lowest BCUT2D eigenvalue weighted by Crippen LogP contribution is -2.13. The van der Waals surface area contributed by atoms with Gasteiger partial charge >= 0.3 is 0 Å². The molecule has 0 radical (unpaired) electrons. The lowest BCUT2D eigenvalue weighted by molar-refractivity contribution is -0.113. The Balaban J connectivity index is 1.33. The summed E-state index contributed by atoms with van der Waals surface area (Å²) in [4.78, 5) is 21.0. The molecule has 0 saturated carbocycles. The fourth-order valence-corrected chi connectivity index (χ4v) is 3.73. The molecule has 2 aromatic carbocycles.